The topological polar surface area (TPSA) is 84.8 Å². The molecule has 46 heavy (non-hydrogen) atoms. The third-order valence-electron chi connectivity index (χ3n) is 8.51. The number of rotatable bonds is 7. The van der Waals surface area contributed by atoms with Crippen LogP contribution in [0.25, 0.3) is 5.70 Å². The molecule has 2 N–H and O–H groups in total. The number of aryl methyl sites for hydroxylation is 2. The molecule has 1 amide bonds. The van der Waals surface area contributed by atoms with Gasteiger partial charge in [0.25, 0.3) is 5.91 Å². The van der Waals surface area contributed by atoms with Crippen LogP contribution in [0.5, 0.6) is 0 Å². The summed E-state index contributed by atoms with van der Waals surface area (Å²) in [5.74, 6) is -0.506. The minimum absolute atomic E-state index is 0.0874. The zero-order valence-corrected chi connectivity index (χ0v) is 26.1. The van der Waals surface area contributed by atoms with E-state index in [2.05, 4.69) is 25.8 Å². The van der Waals surface area contributed by atoms with Crippen molar-refractivity contribution in [3.63, 3.8) is 0 Å². The molecule has 1 saturated heterocycles. The van der Waals surface area contributed by atoms with Crippen molar-refractivity contribution in [2.24, 2.45) is 7.05 Å². The smallest absolute Gasteiger partial charge is 0.369 e. The first-order valence-electron chi connectivity index (χ1n) is 15.0. The van der Waals surface area contributed by atoms with E-state index in [0.29, 0.717) is 37.4 Å². The fourth-order valence-corrected chi connectivity index (χ4v) is 5.73. The van der Waals surface area contributed by atoms with Gasteiger partial charge < -0.3 is 10.2 Å². The van der Waals surface area contributed by atoms with Crippen molar-refractivity contribution in [1.82, 2.24) is 30.2 Å². The van der Waals surface area contributed by atoms with Gasteiger partial charge in [0.1, 0.15) is 0 Å². The molecule has 0 atom stereocenters. The zero-order chi connectivity index (χ0) is 32.6. The summed E-state index contributed by atoms with van der Waals surface area (Å²) in [5.41, 5.74) is 8.91. The second kappa shape index (κ2) is 12.5. The van der Waals surface area contributed by atoms with Crippen LogP contribution in [-0.2, 0) is 19.8 Å². The second-order valence-electron chi connectivity index (χ2n) is 11.7. The molecule has 0 bridgehead atoms. The summed E-state index contributed by atoms with van der Waals surface area (Å²) in [5, 5.41) is 10.7. The highest BCUT2D eigenvalue weighted by atomic mass is 19.4. The van der Waals surface area contributed by atoms with Crippen LogP contribution in [-0.4, -0.2) is 63.8 Å². The van der Waals surface area contributed by atoms with Crippen LogP contribution in [0.3, 0.4) is 0 Å². The Hall–Kier alpha value is -4.88. The molecular formula is C33H36F3N9O. The summed E-state index contributed by atoms with van der Waals surface area (Å²) >= 11 is 0. The van der Waals surface area contributed by atoms with E-state index in [9.17, 15) is 18.0 Å². The summed E-state index contributed by atoms with van der Waals surface area (Å²) in [6.07, 6.45) is 2.65. The number of aromatic nitrogens is 3. The number of pyridine rings is 1. The highest BCUT2D eigenvalue weighted by Crippen LogP contribution is 2.35. The first-order valence-corrected chi connectivity index (χ1v) is 15.0. The Kier molecular flexibility index (Phi) is 8.45. The average Bonchev–Trinajstić information content (AvgIpc) is 3.57. The lowest BCUT2D eigenvalue weighted by molar-refractivity contribution is -0.137. The second-order valence-corrected chi connectivity index (χ2v) is 11.7. The van der Waals surface area contributed by atoms with E-state index in [1.807, 2.05) is 67.3 Å². The fourth-order valence-electron chi connectivity index (χ4n) is 5.73. The summed E-state index contributed by atoms with van der Waals surface area (Å²) in [6.45, 7) is 7.18. The van der Waals surface area contributed by atoms with Crippen molar-refractivity contribution >= 4 is 28.7 Å². The highest BCUT2D eigenvalue weighted by Gasteiger charge is 2.32. The number of carbonyl (C=O) groups excluding carboxylic acids is 1. The molecule has 4 heterocycles. The molecule has 240 valence electrons. The van der Waals surface area contributed by atoms with Crippen LogP contribution in [0.15, 0.2) is 73.3 Å². The Morgan fingerprint density at radius 2 is 1.72 bits per heavy atom. The zero-order valence-electron chi connectivity index (χ0n) is 26.1. The number of halogens is 3. The van der Waals surface area contributed by atoms with E-state index in [4.69, 9.17) is 0 Å². The molecule has 0 unspecified atom stereocenters. The molecule has 0 spiro atoms. The summed E-state index contributed by atoms with van der Waals surface area (Å²) in [4.78, 5) is 21.7. The van der Waals surface area contributed by atoms with Crippen molar-refractivity contribution in [1.29, 1.82) is 0 Å². The standard InChI is InChI=1S/C33H36F3N9O/c1-22-5-6-25(15-30(22)45-21-31(42(4)40-45)29-19-38-41(3)23(29)2)32(46)39-27-16-26(33(34,35)36)17-28(18-27)44-13-11-43(12-14-44)20-24-7-9-37-10-8-24/h5-10,15-19,21,40H,11-14,20H2,1-4H3,(H,39,46). The van der Waals surface area contributed by atoms with Gasteiger partial charge in [-0.3, -0.25) is 29.4 Å². The predicted octanol–water partition coefficient (Wildman–Crippen LogP) is 5.20. The number of amides is 1. The SMILES string of the molecule is Cc1ccc(C(=O)Nc2cc(N3CCN(Cc4ccncc4)CC3)cc(C(F)(F)F)c2)cc1N1C=C(c2cnn(C)c2C)N(C)N1. The molecule has 2 aromatic heterocycles. The van der Waals surface area contributed by atoms with E-state index in [0.717, 1.165) is 52.4 Å². The highest BCUT2D eigenvalue weighted by molar-refractivity contribution is 6.05. The molecule has 1 fully saturated rings. The number of benzene rings is 2. The summed E-state index contributed by atoms with van der Waals surface area (Å²) in [7, 11) is 3.76. The summed E-state index contributed by atoms with van der Waals surface area (Å²) in [6, 6.07) is 12.9. The number of hydrazine groups is 2. The third-order valence-corrected chi connectivity index (χ3v) is 8.51. The van der Waals surface area contributed by atoms with Crippen molar-refractivity contribution in [2.45, 2.75) is 26.6 Å². The molecule has 2 aromatic carbocycles. The third kappa shape index (κ3) is 6.56. The lowest BCUT2D eigenvalue weighted by Crippen LogP contribution is -2.46. The van der Waals surface area contributed by atoms with Crippen LogP contribution in [0.1, 0.15) is 38.3 Å². The van der Waals surface area contributed by atoms with E-state index in [1.165, 1.54) is 0 Å². The van der Waals surface area contributed by atoms with Gasteiger partial charge in [0.05, 0.1) is 23.1 Å². The summed E-state index contributed by atoms with van der Waals surface area (Å²) < 4.78 is 43.8. The number of piperazine rings is 1. The van der Waals surface area contributed by atoms with Gasteiger partial charge in [-0.2, -0.15) is 18.3 Å². The molecule has 4 aromatic rings. The average molecular weight is 632 g/mol. The number of hydrogen-bond donors (Lipinski definition) is 2. The lowest BCUT2D eigenvalue weighted by Gasteiger charge is -2.36. The van der Waals surface area contributed by atoms with E-state index >= 15 is 0 Å². The predicted molar refractivity (Wildman–Crippen MR) is 172 cm³/mol. The maximum Gasteiger partial charge on any atom is 0.416 e. The Labute approximate surface area is 265 Å². The Balaban J connectivity index is 1.20. The van der Waals surface area contributed by atoms with Gasteiger partial charge in [0.2, 0.25) is 0 Å². The molecule has 0 aliphatic carbocycles. The largest absolute Gasteiger partial charge is 0.416 e. The quantitative estimate of drug-likeness (QED) is 0.288. The first kappa shape index (κ1) is 31.1. The van der Waals surface area contributed by atoms with Crippen LogP contribution in [0.4, 0.5) is 30.2 Å². The first-order chi connectivity index (χ1) is 22.0. The Morgan fingerprint density at radius 1 is 0.978 bits per heavy atom. The number of alkyl halides is 3. The van der Waals surface area contributed by atoms with E-state index in [1.54, 1.807) is 41.5 Å². The number of carbonyl (C=O) groups is 1. The fraction of sp³-hybridized carbons (Fsp3) is 0.303. The normalized spacial score (nSPS) is 15.8. The van der Waals surface area contributed by atoms with Crippen LogP contribution < -0.4 is 20.8 Å². The minimum atomic E-state index is -4.57. The number of hydrogen-bond acceptors (Lipinski definition) is 8. The minimum Gasteiger partial charge on any atom is -0.369 e. The number of nitrogens with one attached hydrogen (secondary N) is 2. The van der Waals surface area contributed by atoms with E-state index < -0.39 is 17.6 Å². The van der Waals surface area contributed by atoms with E-state index in [-0.39, 0.29) is 5.69 Å². The molecule has 0 saturated carbocycles. The van der Waals surface area contributed by atoms with Crippen LogP contribution in [0, 0.1) is 13.8 Å². The van der Waals surface area contributed by atoms with Crippen LogP contribution in [0.2, 0.25) is 0 Å². The lowest BCUT2D eigenvalue weighted by atomic mass is 10.1. The van der Waals surface area contributed by atoms with Gasteiger partial charge in [0.15, 0.2) is 0 Å². The molecule has 2 aliphatic rings. The van der Waals surface area contributed by atoms with Crippen molar-refractivity contribution in [2.75, 3.05) is 48.5 Å². The van der Waals surface area contributed by atoms with Gasteiger partial charge in [-0.25, -0.2) is 0 Å². The molecule has 2 aliphatic heterocycles. The molecule has 0 radical (unpaired) electrons. The molecular weight excluding hydrogens is 595 g/mol. The van der Waals surface area contributed by atoms with Crippen LogP contribution >= 0.6 is 0 Å². The molecule has 13 heteroatoms. The maximum absolute atomic E-state index is 14.0. The van der Waals surface area contributed by atoms with Gasteiger partial charge in [0, 0.05) is 93.6 Å². The monoisotopic (exact) mass is 631 g/mol. The Bertz CT molecular complexity index is 1760. The van der Waals surface area contributed by atoms with Crippen molar-refractivity contribution in [3.8, 4) is 0 Å². The van der Waals surface area contributed by atoms with Gasteiger partial charge in [-0.05, 0) is 67.4 Å². The Morgan fingerprint density at radius 3 is 2.39 bits per heavy atom. The van der Waals surface area contributed by atoms with Crippen molar-refractivity contribution in [3.05, 3.63) is 107 Å². The van der Waals surface area contributed by atoms with Gasteiger partial charge in [-0.1, -0.05) is 6.07 Å². The number of nitrogens with zero attached hydrogens (tertiary/aromatic N) is 7. The van der Waals surface area contributed by atoms with Gasteiger partial charge >= 0.3 is 6.18 Å². The van der Waals surface area contributed by atoms with Crippen molar-refractivity contribution < 1.29 is 18.0 Å². The molecule has 6 rings (SSSR count). The van der Waals surface area contributed by atoms with Gasteiger partial charge in [-0.15, -0.1) is 5.53 Å². The maximum atomic E-state index is 14.0. The number of anilines is 3. The molecule has 10 nitrogen and oxygen atoms in total.